The van der Waals surface area contributed by atoms with E-state index < -0.39 is 0 Å². The molecule has 1 N–H and O–H groups in total. The molecule has 2 nitrogen and oxygen atoms in total. The van der Waals surface area contributed by atoms with Gasteiger partial charge in [-0.3, -0.25) is 0 Å². The molecule has 1 aromatic rings. The highest BCUT2D eigenvalue weighted by Crippen LogP contribution is 2.32. The number of rotatable bonds is 6. The van der Waals surface area contributed by atoms with Gasteiger partial charge in [0.25, 0.3) is 0 Å². The molecule has 0 atom stereocenters. The highest BCUT2D eigenvalue weighted by atomic mass is 79.9. The topological polar surface area (TPSA) is 21.3 Å². The lowest BCUT2D eigenvalue weighted by Gasteiger charge is -2.12. The maximum Gasteiger partial charge on any atom is 0.137 e. The van der Waals surface area contributed by atoms with Gasteiger partial charge in [-0.25, -0.2) is 0 Å². The van der Waals surface area contributed by atoms with Crippen LogP contribution in [0.2, 0.25) is 0 Å². The molecule has 0 spiro atoms. The Labute approximate surface area is 131 Å². The molecule has 1 aromatic carbocycles. The van der Waals surface area contributed by atoms with Gasteiger partial charge >= 0.3 is 0 Å². The summed E-state index contributed by atoms with van der Waals surface area (Å²) < 4.78 is 7.49. The van der Waals surface area contributed by atoms with Crippen molar-refractivity contribution in [1.29, 1.82) is 0 Å². The van der Waals surface area contributed by atoms with E-state index in [0.29, 0.717) is 0 Å². The van der Waals surface area contributed by atoms with Gasteiger partial charge in [0.15, 0.2) is 0 Å². The van der Waals surface area contributed by atoms with Gasteiger partial charge in [-0.15, -0.1) is 0 Å². The molecule has 0 heterocycles. The molecule has 0 radical (unpaired) electrons. The van der Waals surface area contributed by atoms with E-state index in [9.17, 15) is 0 Å². The molecule has 0 saturated heterocycles. The number of halogens is 2. The average molecular weight is 389 g/mol. The Morgan fingerprint density at radius 3 is 2.84 bits per heavy atom. The van der Waals surface area contributed by atoms with Crippen LogP contribution >= 0.6 is 31.9 Å². The summed E-state index contributed by atoms with van der Waals surface area (Å²) in [6.07, 6.45) is 7.44. The van der Waals surface area contributed by atoms with E-state index in [1.807, 2.05) is 6.07 Å². The van der Waals surface area contributed by atoms with Crippen molar-refractivity contribution in [1.82, 2.24) is 5.32 Å². The maximum atomic E-state index is 5.44. The molecule has 19 heavy (non-hydrogen) atoms. The van der Waals surface area contributed by atoms with Gasteiger partial charge in [0.2, 0.25) is 0 Å². The molecular formula is C15H19Br2NO. The van der Waals surface area contributed by atoms with Crippen LogP contribution in [0, 0.1) is 0 Å². The van der Waals surface area contributed by atoms with Crippen molar-refractivity contribution in [2.45, 2.75) is 32.2 Å². The fourth-order valence-corrected chi connectivity index (χ4v) is 3.89. The average Bonchev–Trinajstić information content (AvgIpc) is 2.87. The third-order valence-electron chi connectivity index (χ3n) is 3.36. The standard InChI is InChI=1S/C15H19Br2NO/c1-19-15-12(8-13(16)9-14(15)17)10-18-7-6-11-4-2-3-5-11/h4,8-9,18H,2-3,5-7,10H2,1H3. The quantitative estimate of drug-likeness (QED) is 0.557. The van der Waals surface area contributed by atoms with Gasteiger partial charge in [0.1, 0.15) is 5.75 Å². The molecule has 0 aromatic heterocycles. The number of hydrogen-bond acceptors (Lipinski definition) is 2. The van der Waals surface area contributed by atoms with Crippen LogP contribution < -0.4 is 10.1 Å². The second-order valence-electron chi connectivity index (χ2n) is 4.76. The van der Waals surface area contributed by atoms with Gasteiger partial charge in [0, 0.05) is 16.6 Å². The molecular weight excluding hydrogens is 370 g/mol. The van der Waals surface area contributed by atoms with E-state index in [1.165, 1.54) is 24.8 Å². The minimum Gasteiger partial charge on any atom is -0.495 e. The Morgan fingerprint density at radius 2 is 2.16 bits per heavy atom. The number of methoxy groups -OCH3 is 1. The summed E-state index contributed by atoms with van der Waals surface area (Å²) in [7, 11) is 1.71. The third kappa shape index (κ3) is 4.33. The van der Waals surface area contributed by atoms with Crippen molar-refractivity contribution in [2.24, 2.45) is 0 Å². The van der Waals surface area contributed by atoms with Crippen molar-refractivity contribution in [3.8, 4) is 5.75 Å². The lowest BCUT2D eigenvalue weighted by molar-refractivity contribution is 0.405. The first kappa shape index (κ1) is 15.1. The minimum absolute atomic E-state index is 0.828. The molecule has 0 aliphatic heterocycles. The number of allylic oxidation sites excluding steroid dienone is 1. The fraction of sp³-hybridized carbons (Fsp3) is 0.467. The summed E-state index contributed by atoms with van der Waals surface area (Å²) in [6, 6.07) is 4.11. The Bertz CT molecular complexity index is 471. The Morgan fingerprint density at radius 1 is 1.32 bits per heavy atom. The summed E-state index contributed by atoms with van der Waals surface area (Å²) in [5, 5.41) is 3.50. The highest BCUT2D eigenvalue weighted by molar-refractivity contribution is 9.11. The minimum atomic E-state index is 0.828. The molecule has 0 unspecified atom stereocenters. The summed E-state index contributed by atoms with van der Waals surface area (Å²) >= 11 is 7.05. The highest BCUT2D eigenvalue weighted by Gasteiger charge is 2.09. The predicted octanol–water partition coefficient (Wildman–Crippen LogP) is 4.81. The monoisotopic (exact) mass is 387 g/mol. The van der Waals surface area contributed by atoms with E-state index in [0.717, 1.165) is 34.2 Å². The molecule has 0 amide bonds. The Kier molecular flexibility index (Phi) is 5.92. The second-order valence-corrected chi connectivity index (χ2v) is 6.53. The van der Waals surface area contributed by atoms with E-state index >= 15 is 0 Å². The van der Waals surface area contributed by atoms with Gasteiger partial charge < -0.3 is 10.1 Å². The number of ether oxygens (including phenoxy) is 1. The van der Waals surface area contributed by atoms with Crippen molar-refractivity contribution in [2.75, 3.05) is 13.7 Å². The zero-order valence-electron chi connectivity index (χ0n) is 11.1. The number of benzene rings is 1. The third-order valence-corrected chi connectivity index (χ3v) is 4.41. The van der Waals surface area contributed by atoms with E-state index in [2.05, 4.69) is 49.3 Å². The zero-order chi connectivity index (χ0) is 13.7. The summed E-state index contributed by atoms with van der Waals surface area (Å²) in [5.74, 6) is 0.913. The fourth-order valence-electron chi connectivity index (χ4n) is 2.41. The number of nitrogens with one attached hydrogen (secondary N) is 1. The van der Waals surface area contributed by atoms with Crippen LogP contribution in [0.4, 0.5) is 0 Å². The molecule has 0 saturated carbocycles. The van der Waals surface area contributed by atoms with Crippen LogP contribution in [-0.2, 0) is 6.54 Å². The van der Waals surface area contributed by atoms with Crippen LogP contribution in [0.1, 0.15) is 31.2 Å². The molecule has 104 valence electrons. The Balaban J connectivity index is 1.88. The Hall–Kier alpha value is -0.320. The van der Waals surface area contributed by atoms with Crippen molar-refractivity contribution in [3.63, 3.8) is 0 Å². The van der Waals surface area contributed by atoms with E-state index in [-0.39, 0.29) is 0 Å². The summed E-state index contributed by atoms with van der Waals surface area (Å²) in [4.78, 5) is 0. The molecule has 1 aliphatic carbocycles. The van der Waals surface area contributed by atoms with Crippen molar-refractivity contribution >= 4 is 31.9 Å². The summed E-state index contributed by atoms with van der Waals surface area (Å²) in [6.45, 7) is 1.85. The zero-order valence-corrected chi connectivity index (χ0v) is 14.3. The van der Waals surface area contributed by atoms with E-state index in [4.69, 9.17) is 4.74 Å². The molecule has 4 heteroatoms. The smallest absolute Gasteiger partial charge is 0.137 e. The largest absolute Gasteiger partial charge is 0.495 e. The van der Waals surface area contributed by atoms with Crippen molar-refractivity contribution < 1.29 is 4.74 Å². The van der Waals surface area contributed by atoms with Gasteiger partial charge in [0.05, 0.1) is 11.6 Å². The number of hydrogen-bond donors (Lipinski definition) is 1. The first-order valence-corrected chi connectivity index (χ1v) is 8.20. The molecule has 2 rings (SSSR count). The van der Waals surface area contributed by atoms with E-state index in [1.54, 1.807) is 12.7 Å². The van der Waals surface area contributed by atoms with Crippen LogP contribution in [0.15, 0.2) is 32.7 Å². The molecule has 0 fully saturated rings. The normalized spacial score (nSPS) is 14.6. The first-order valence-electron chi connectivity index (χ1n) is 6.61. The first-order chi connectivity index (χ1) is 9.20. The van der Waals surface area contributed by atoms with Crippen LogP contribution in [0.25, 0.3) is 0 Å². The van der Waals surface area contributed by atoms with Gasteiger partial charge in [-0.05, 0) is 60.3 Å². The maximum absolute atomic E-state index is 5.44. The molecule has 0 bridgehead atoms. The van der Waals surface area contributed by atoms with Gasteiger partial charge in [-0.1, -0.05) is 27.6 Å². The lowest BCUT2D eigenvalue weighted by atomic mass is 10.1. The predicted molar refractivity (Wildman–Crippen MR) is 86.7 cm³/mol. The molecule has 1 aliphatic rings. The SMILES string of the molecule is COc1c(Br)cc(Br)cc1CNCCC1=CCCC1. The van der Waals surface area contributed by atoms with Crippen LogP contribution in [0.5, 0.6) is 5.75 Å². The lowest BCUT2D eigenvalue weighted by Crippen LogP contribution is -2.15. The van der Waals surface area contributed by atoms with Crippen LogP contribution in [-0.4, -0.2) is 13.7 Å². The second kappa shape index (κ2) is 7.46. The van der Waals surface area contributed by atoms with Gasteiger partial charge in [-0.2, -0.15) is 0 Å². The summed E-state index contributed by atoms with van der Waals surface area (Å²) in [5.41, 5.74) is 2.78. The van der Waals surface area contributed by atoms with Crippen LogP contribution in [0.3, 0.4) is 0 Å². The van der Waals surface area contributed by atoms with Crippen molar-refractivity contribution in [3.05, 3.63) is 38.3 Å².